The van der Waals surface area contributed by atoms with Crippen LogP contribution in [0.2, 0.25) is 0 Å². The average molecular weight is 1070 g/mol. The van der Waals surface area contributed by atoms with E-state index in [4.69, 9.17) is 9.40 Å². The van der Waals surface area contributed by atoms with Crippen LogP contribution in [0.3, 0.4) is 0 Å². The number of para-hydroxylation sites is 2. The van der Waals surface area contributed by atoms with Crippen LogP contribution in [0.5, 0.6) is 0 Å². The van der Waals surface area contributed by atoms with E-state index in [1.165, 1.54) is 44.6 Å². The van der Waals surface area contributed by atoms with Gasteiger partial charge in [-0.25, -0.2) is 0 Å². The molecule has 0 N–H and O–H groups in total. The zero-order chi connectivity index (χ0) is 46.9. The molecule has 0 atom stereocenters. The van der Waals surface area contributed by atoms with E-state index in [2.05, 4.69) is 222 Å². The molecule has 0 spiro atoms. The number of rotatable bonds is 8. The molecule has 69 heavy (non-hydrogen) atoms. The van der Waals surface area contributed by atoms with Gasteiger partial charge in [0.25, 0.3) is 0 Å². The minimum absolute atomic E-state index is 0. The molecule has 0 unspecified atom stereocenters. The Kier molecular flexibility index (Phi) is 13.5. The quantitative estimate of drug-likeness (QED) is 0.142. The molecular weight excluding hydrogens is 1020 g/mol. The first-order chi connectivity index (χ1) is 33.0. The van der Waals surface area contributed by atoms with Gasteiger partial charge in [0.15, 0.2) is 0 Å². The minimum atomic E-state index is 0. The smallest absolute Gasteiger partial charge is 0.121 e. The maximum Gasteiger partial charge on any atom is 0.121 e. The Morgan fingerprint density at radius 2 is 1.13 bits per heavy atom. The third-order valence-electron chi connectivity index (χ3n) is 12.9. The third-order valence-corrected chi connectivity index (χ3v) is 12.9. The molecule has 0 fully saturated rings. The second-order valence-electron chi connectivity index (χ2n) is 19.2. The van der Waals surface area contributed by atoms with Crippen molar-refractivity contribution in [2.75, 3.05) is 0 Å². The largest absolute Gasteiger partial charge is 0.501 e. The summed E-state index contributed by atoms with van der Waals surface area (Å²) in [6, 6.07) is 72.7. The van der Waals surface area contributed by atoms with E-state index in [9.17, 15) is 0 Å². The Labute approximate surface area is 420 Å². The van der Waals surface area contributed by atoms with Gasteiger partial charge in [-0.3, -0.25) is 4.98 Å². The van der Waals surface area contributed by atoms with E-state index in [1.807, 2.05) is 42.6 Å². The maximum atomic E-state index is 6.78. The van der Waals surface area contributed by atoms with Gasteiger partial charge in [0.1, 0.15) is 5.58 Å². The standard InChI is InChI=1S/C49H39N2O.C15H16N.Ir/c1-31(2)42-28-38(36-24-22-35(23-25-36)33-14-7-5-8-15-33)29-43(32(3)4)47(42)51-45-21-12-11-20-44(45)50-49(51)41-19-13-18-40-39-27-26-37(30-46(39)52-48(40)41)34-16-9-6-10-17-34;1-15(2,3)13-9-10-14(16-11-13)12-7-5-4-6-8-12;/h5-18,20-32H,1-4H3;4-7,9-11H,1-3H3;/q2*-1;. The first-order valence-electron chi connectivity index (χ1n) is 23.7. The van der Waals surface area contributed by atoms with Gasteiger partial charge in [0.2, 0.25) is 0 Å². The molecule has 11 rings (SSSR count). The van der Waals surface area contributed by atoms with Crippen molar-refractivity contribution >= 4 is 33.0 Å². The Morgan fingerprint density at radius 1 is 0.536 bits per heavy atom. The number of aromatic nitrogens is 3. The number of benzene rings is 8. The fraction of sp³-hybridized carbons (Fsp3) is 0.156. The van der Waals surface area contributed by atoms with Crippen molar-refractivity contribution in [2.24, 2.45) is 0 Å². The number of pyridine rings is 1. The molecule has 0 aliphatic rings. The Hall–Kier alpha value is -7.17. The molecule has 0 aliphatic heterocycles. The van der Waals surface area contributed by atoms with Crippen LogP contribution in [0.1, 0.15) is 77.0 Å². The molecule has 0 saturated heterocycles. The molecule has 0 bridgehead atoms. The number of imidazole rings is 1. The predicted molar refractivity (Wildman–Crippen MR) is 284 cm³/mol. The molecule has 3 aromatic heterocycles. The van der Waals surface area contributed by atoms with Crippen molar-refractivity contribution in [3.63, 3.8) is 0 Å². The van der Waals surface area contributed by atoms with E-state index >= 15 is 0 Å². The van der Waals surface area contributed by atoms with Crippen molar-refractivity contribution in [1.29, 1.82) is 0 Å². The molecule has 343 valence electrons. The van der Waals surface area contributed by atoms with Crippen LogP contribution >= 0.6 is 0 Å². The van der Waals surface area contributed by atoms with Gasteiger partial charge in [-0.05, 0) is 103 Å². The van der Waals surface area contributed by atoms with Crippen LogP contribution in [-0.4, -0.2) is 14.5 Å². The Balaban J connectivity index is 0.000000296. The predicted octanol–water partition coefficient (Wildman–Crippen LogP) is 17.5. The van der Waals surface area contributed by atoms with Gasteiger partial charge >= 0.3 is 0 Å². The van der Waals surface area contributed by atoms with E-state index in [-0.39, 0.29) is 37.4 Å². The molecule has 1 radical (unpaired) electrons. The molecule has 0 aliphatic carbocycles. The first kappa shape index (κ1) is 46.9. The van der Waals surface area contributed by atoms with Crippen molar-refractivity contribution in [2.45, 2.75) is 65.7 Å². The molecule has 0 amide bonds. The summed E-state index contributed by atoms with van der Waals surface area (Å²) in [4.78, 5) is 9.82. The number of hydrogen-bond acceptors (Lipinski definition) is 3. The van der Waals surface area contributed by atoms with Crippen molar-refractivity contribution in [3.8, 4) is 61.7 Å². The third kappa shape index (κ3) is 9.50. The summed E-state index contributed by atoms with van der Waals surface area (Å²) in [5, 5.41) is 2.14. The second-order valence-corrected chi connectivity index (χ2v) is 19.2. The molecular formula is C64H55IrN3O-2. The topological polar surface area (TPSA) is 43.9 Å². The summed E-state index contributed by atoms with van der Waals surface area (Å²) in [6.45, 7) is 15.7. The average Bonchev–Trinajstić information content (AvgIpc) is 3.95. The second kappa shape index (κ2) is 19.8. The first-order valence-corrected chi connectivity index (χ1v) is 23.7. The van der Waals surface area contributed by atoms with Crippen LogP contribution in [0.25, 0.3) is 94.7 Å². The monoisotopic (exact) mass is 1070 g/mol. The maximum absolute atomic E-state index is 6.78. The zero-order valence-corrected chi connectivity index (χ0v) is 42.6. The molecule has 4 nitrogen and oxygen atoms in total. The van der Waals surface area contributed by atoms with E-state index in [1.54, 1.807) is 0 Å². The van der Waals surface area contributed by atoms with Crippen molar-refractivity contribution in [1.82, 2.24) is 14.5 Å². The van der Waals surface area contributed by atoms with Crippen LogP contribution in [0, 0.1) is 12.1 Å². The van der Waals surface area contributed by atoms with Gasteiger partial charge in [-0.1, -0.05) is 181 Å². The SMILES string of the molecule is CC(C)(C)c1ccc(-c2[c-]cccc2)nc1.CC(C)c1cc(-c2ccc(-c3ccccc3)cc2)cc(C(C)C)c1-n1c(-c2[c-]ccc3c2oc2cc(-c4ccccc4)ccc23)nc2ccccc21.[Ir]. The van der Waals surface area contributed by atoms with E-state index < -0.39 is 0 Å². The van der Waals surface area contributed by atoms with Crippen LogP contribution in [0.4, 0.5) is 0 Å². The number of hydrogen-bond donors (Lipinski definition) is 0. The van der Waals surface area contributed by atoms with Gasteiger partial charge < -0.3 is 14.0 Å². The van der Waals surface area contributed by atoms with Crippen LogP contribution in [0.15, 0.2) is 199 Å². The zero-order valence-electron chi connectivity index (χ0n) is 40.2. The molecule has 0 saturated carbocycles. The van der Waals surface area contributed by atoms with Crippen LogP contribution in [-0.2, 0) is 25.5 Å². The number of nitrogens with zero attached hydrogens (tertiary/aromatic N) is 3. The summed E-state index contributed by atoms with van der Waals surface area (Å²) >= 11 is 0. The van der Waals surface area contributed by atoms with E-state index in [0.29, 0.717) is 0 Å². The minimum Gasteiger partial charge on any atom is -0.501 e. The normalized spacial score (nSPS) is 11.6. The fourth-order valence-corrected chi connectivity index (χ4v) is 9.16. The van der Waals surface area contributed by atoms with E-state index in [0.717, 1.165) is 66.7 Å². The van der Waals surface area contributed by atoms with Crippen LogP contribution < -0.4 is 0 Å². The van der Waals surface area contributed by atoms with Gasteiger partial charge in [-0.2, -0.15) is 0 Å². The molecule has 3 heterocycles. The fourth-order valence-electron chi connectivity index (χ4n) is 9.16. The number of furan rings is 1. The van der Waals surface area contributed by atoms with Gasteiger partial charge in [-0.15, -0.1) is 54.1 Å². The van der Waals surface area contributed by atoms with Gasteiger partial charge in [0.05, 0.1) is 22.4 Å². The van der Waals surface area contributed by atoms with Gasteiger partial charge in [0, 0.05) is 37.4 Å². The molecule has 11 aromatic rings. The van der Waals surface area contributed by atoms with Crippen molar-refractivity contribution < 1.29 is 24.5 Å². The Morgan fingerprint density at radius 3 is 1.74 bits per heavy atom. The molecule has 8 aromatic carbocycles. The summed E-state index contributed by atoms with van der Waals surface area (Å²) < 4.78 is 9.15. The van der Waals surface area contributed by atoms with Crippen molar-refractivity contribution in [3.05, 3.63) is 223 Å². The summed E-state index contributed by atoms with van der Waals surface area (Å²) in [7, 11) is 0. The Bertz CT molecular complexity index is 3480. The summed E-state index contributed by atoms with van der Waals surface area (Å²) in [5.74, 6) is 1.35. The molecule has 5 heteroatoms. The summed E-state index contributed by atoms with van der Waals surface area (Å²) in [5.41, 5.74) is 18.9. The summed E-state index contributed by atoms with van der Waals surface area (Å²) in [6.07, 6.45) is 1.95. The number of fused-ring (bicyclic) bond motifs is 4.